The fraction of sp³-hybridized carbons (Fsp3) is 0.389. The van der Waals surface area contributed by atoms with Crippen molar-refractivity contribution in [2.45, 2.75) is 40.3 Å². The van der Waals surface area contributed by atoms with Gasteiger partial charge in [-0.25, -0.2) is 4.98 Å². The summed E-state index contributed by atoms with van der Waals surface area (Å²) >= 11 is 0. The maximum Gasteiger partial charge on any atom is 0.218 e. The number of nitrogens with zero attached hydrogens (tertiary/aromatic N) is 1. The molecule has 112 valence electrons. The predicted octanol–water partition coefficient (Wildman–Crippen LogP) is 3.95. The van der Waals surface area contributed by atoms with Crippen LogP contribution in [0.15, 0.2) is 36.4 Å². The topological polar surface area (TPSA) is 34.2 Å². The van der Waals surface area contributed by atoms with Crippen LogP contribution in [0.4, 0.5) is 0 Å². The summed E-state index contributed by atoms with van der Waals surface area (Å²) in [5.74, 6) is 0.741. The van der Waals surface area contributed by atoms with E-state index in [4.69, 9.17) is 4.74 Å². The fourth-order valence-electron chi connectivity index (χ4n) is 2.35. The van der Waals surface area contributed by atoms with E-state index in [1.165, 1.54) is 5.56 Å². The van der Waals surface area contributed by atoms with E-state index >= 15 is 0 Å². The zero-order valence-electron chi connectivity index (χ0n) is 13.3. The molecule has 1 aromatic heterocycles. The van der Waals surface area contributed by atoms with Crippen LogP contribution in [0.5, 0.6) is 5.88 Å². The second kappa shape index (κ2) is 7.23. The molecule has 1 atom stereocenters. The number of rotatable bonds is 6. The molecule has 0 saturated carbocycles. The standard InChI is InChI=1S/C18H24N2O/c1-5-19-12-17-13(2)11-14(3)20-18(17)21-15(4)16-9-7-6-8-10-16/h6-11,15,19H,5,12H2,1-4H3. The zero-order valence-corrected chi connectivity index (χ0v) is 13.3. The molecule has 2 aromatic rings. The minimum atomic E-state index is -0.0136. The highest BCUT2D eigenvalue weighted by Crippen LogP contribution is 2.26. The summed E-state index contributed by atoms with van der Waals surface area (Å²) in [7, 11) is 0. The smallest absolute Gasteiger partial charge is 0.218 e. The van der Waals surface area contributed by atoms with Gasteiger partial charge in [0, 0.05) is 17.8 Å². The summed E-state index contributed by atoms with van der Waals surface area (Å²) in [6.45, 7) is 9.99. The van der Waals surface area contributed by atoms with Crippen LogP contribution >= 0.6 is 0 Å². The van der Waals surface area contributed by atoms with Crippen molar-refractivity contribution in [1.29, 1.82) is 0 Å². The van der Waals surface area contributed by atoms with Gasteiger partial charge in [-0.2, -0.15) is 0 Å². The summed E-state index contributed by atoms with van der Waals surface area (Å²) in [4.78, 5) is 4.59. The van der Waals surface area contributed by atoms with Gasteiger partial charge >= 0.3 is 0 Å². The lowest BCUT2D eigenvalue weighted by Gasteiger charge is -2.19. The lowest BCUT2D eigenvalue weighted by atomic mass is 10.1. The summed E-state index contributed by atoms with van der Waals surface area (Å²) in [6.07, 6.45) is -0.0136. The van der Waals surface area contributed by atoms with Crippen molar-refractivity contribution in [3.63, 3.8) is 0 Å². The Morgan fingerprint density at radius 2 is 1.90 bits per heavy atom. The largest absolute Gasteiger partial charge is 0.470 e. The van der Waals surface area contributed by atoms with E-state index in [9.17, 15) is 0 Å². The van der Waals surface area contributed by atoms with Crippen LogP contribution in [0, 0.1) is 13.8 Å². The van der Waals surface area contributed by atoms with E-state index in [1.54, 1.807) is 0 Å². The average molecular weight is 284 g/mol. The Balaban J connectivity index is 2.25. The van der Waals surface area contributed by atoms with Gasteiger partial charge < -0.3 is 10.1 Å². The van der Waals surface area contributed by atoms with Crippen molar-refractivity contribution in [1.82, 2.24) is 10.3 Å². The Labute approximate surface area is 127 Å². The van der Waals surface area contributed by atoms with Crippen molar-refractivity contribution in [2.75, 3.05) is 6.54 Å². The number of hydrogen-bond acceptors (Lipinski definition) is 3. The Kier molecular flexibility index (Phi) is 5.34. The van der Waals surface area contributed by atoms with Gasteiger partial charge in [0.05, 0.1) is 0 Å². The Bertz CT molecular complexity index is 581. The minimum Gasteiger partial charge on any atom is -0.470 e. The molecule has 1 unspecified atom stereocenters. The fourth-order valence-corrected chi connectivity index (χ4v) is 2.35. The van der Waals surface area contributed by atoms with Crippen molar-refractivity contribution in [2.24, 2.45) is 0 Å². The van der Waals surface area contributed by atoms with Gasteiger partial charge in [0.15, 0.2) is 0 Å². The highest BCUT2D eigenvalue weighted by molar-refractivity contribution is 5.36. The minimum absolute atomic E-state index is 0.0136. The monoisotopic (exact) mass is 284 g/mol. The van der Waals surface area contributed by atoms with E-state index in [0.29, 0.717) is 0 Å². The molecule has 0 aliphatic rings. The summed E-state index contributed by atoms with van der Waals surface area (Å²) in [5, 5.41) is 3.36. The highest BCUT2D eigenvalue weighted by Gasteiger charge is 2.14. The molecule has 0 saturated heterocycles. The second-order valence-corrected chi connectivity index (χ2v) is 5.32. The van der Waals surface area contributed by atoms with Crippen LogP contribution in [0.3, 0.4) is 0 Å². The Morgan fingerprint density at radius 1 is 1.19 bits per heavy atom. The van der Waals surface area contributed by atoms with Gasteiger partial charge in [-0.15, -0.1) is 0 Å². The molecule has 3 nitrogen and oxygen atoms in total. The molecule has 3 heteroatoms. The van der Waals surface area contributed by atoms with Crippen molar-refractivity contribution in [3.8, 4) is 5.88 Å². The van der Waals surface area contributed by atoms with Crippen LogP contribution in [0.2, 0.25) is 0 Å². The number of aromatic nitrogens is 1. The first-order valence-corrected chi connectivity index (χ1v) is 7.51. The number of benzene rings is 1. The van der Waals surface area contributed by atoms with E-state index in [2.05, 4.69) is 49.3 Å². The molecule has 2 rings (SSSR count). The van der Waals surface area contributed by atoms with Crippen molar-refractivity contribution < 1.29 is 4.74 Å². The van der Waals surface area contributed by atoms with Crippen LogP contribution < -0.4 is 10.1 Å². The quantitative estimate of drug-likeness (QED) is 0.872. The van der Waals surface area contributed by atoms with Gasteiger partial charge in [0.25, 0.3) is 0 Å². The SMILES string of the molecule is CCNCc1c(C)cc(C)nc1OC(C)c1ccccc1. The van der Waals surface area contributed by atoms with E-state index in [0.717, 1.165) is 35.8 Å². The van der Waals surface area contributed by atoms with Gasteiger partial charge in [-0.3, -0.25) is 0 Å². The molecular formula is C18H24N2O. The van der Waals surface area contributed by atoms with Crippen LogP contribution in [-0.4, -0.2) is 11.5 Å². The normalized spacial score (nSPS) is 12.2. The molecule has 0 bridgehead atoms. The molecule has 0 fully saturated rings. The molecule has 1 aromatic carbocycles. The Hall–Kier alpha value is -1.87. The number of hydrogen-bond donors (Lipinski definition) is 1. The summed E-state index contributed by atoms with van der Waals surface area (Å²) < 4.78 is 6.14. The Morgan fingerprint density at radius 3 is 2.57 bits per heavy atom. The first-order chi connectivity index (χ1) is 10.1. The molecule has 0 aliphatic carbocycles. The highest BCUT2D eigenvalue weighted by atomic mass is 16.5. The van der Waals surface area contributed by atoms with Crippen LogP contribution in [-0.2, 0) is 6.54 Å². The molecule has 1 heterocycles. The van der Waals surface area contributed by atoms with Crippen LogP contribution in [0.25, 0.3) is 0 Å². The summed E-state index contributed by atoms with van der Waals surface area (Å²) in [6, 6.07) is 12.3. The predicted molar refractivity (Wildman–Crippen MR) is 86.6 cm³/mol. The van der Waals surface area contributed by atoms with Crippen molar-refractivity contribution >= 4 is 0 Å². The molecule has 0 amide bonds. The average Bonchev–Trinajstić information content (AvgIpc) is 2.47. The van der Waals surface area contributed by atoms with Crippen LogP contribution in [0.1, 0.15) is 42.3 Å². The van der Waals surface area contributed by atoms with Crippen molar-refractivity contribution in [3.05, 3.63) is 58.8 Å². The first kappa shape index (κ1) is 15.5. The molecular weight excluding hydrogens is 260 g/mol. The number of ether oxygens (including phenoxy) is 1. The molecule has 1 N–H and O–H groups in total. The third kappa shape index (κ3) is 4.05. The summed E-state index contributed by atoms with van der Waals surface area (Å²) in [5.41, 5.74) is 4.51. The van der Waals surface area contributed by atoms with E-state index in [1.807, 2.05) is 25.1 Å². The first-order valence-electron chi connectivity index (χ1n) is 7.51. The van der Waals surface area contributed by atoms with Gasteiger partial charge in [0.1, 0.15) is 6.10 Å². The lowest BCUT2D eigenvalue weighted by Crippen LogP contribution is -2.16. The van der Waals surface area contributed by atoms with E-state index < -0.39 is 0 Å². The van der Waals surface area contributed by atoms with Gasteiger partial charge in [-0.1, -0.05) is 37.3 Å². The zero-order chi connectivity index (χ0) is 15.2. The number of pyridine rings is 1. The van der Waals surface area contributed by atoms with E-state index in [-0.39, 0.29) is 6.10 Å². The molecule has 21 heavy (non-hydrogen) atoms. The second-order valence-electron chi connectivity index (χ2n) is 5.32. The maximum absolute atomic E-state index is 6.14. The van der Waals surface area contributed by atoms with Gasteiger partial charge in [-0.05, 0) is 44.5 Å². The number of nitrogens with one attached hydrogen (secondary N) is 1. The maximum atomic E-state index is 6.14. The lowest BCUT2D eigenvalue weighted by molar-refractivity contribution is 0.214. The third-order valence-electron chi connectivity index (χ3n) is 3.55. The molecule has 0 aliphatic heterocycles. The third-order valence-corrected chi connectivity index (χ3v) is 3.55. The number of aryl methyl sites for hydroxylation is 2. The molecule has 0 radical (unpaired) electrons. The molecule has 0 spiro atoms. The van der Waals surface area contributed by atoms with Gasteiger partial charge in [0.2, 0.25) is 5.88 Å².